The molecule has 0 aliphatic carbocycles. The number of benzene rings is 1. The van der Waals surface area contributed by atoms with Crippen LogP contribution in [0.2, 0.25) is 0 Å². The molecule has 5 nitrogen and oxygen atoms in total. The number of para-hydroxylation sites is 1. The SMILES string of the molecule is COCCN(c1c(C(=O)O)cnc2ccccc12)C(C)C. The largest absolute Gasteiger partial charge is 0.478 e. The molecule has 1 aromatic carbocycles. The second-order valence-electron chi connectivity index (χ2n) is 5.12. The minimum Gasteiger partial charge on any atom is -0.478 e. The Morgan fingerprint density at radius 1 is 1.38 bits per heavy atom. The fourth-order valence-electron chi connectivity index (χ4n) is 2.41. The molecule has 21 heavy (non-hydrogen) atoms. The first-order valence-electron chi connectivity index (χ1n) is 6.93. The van der Waals surface area contributed by atoms with Gasteiger partial charge in [-0.25, -0.2) is 4.79 Å². The number of pyridine rings is 1. The number of carbonyl (C=O) groups is 1. The number of anilines is 1. The normalized spacial score (nSPS) is 11.0. The second-order valence-corrected chi connectivity index (χ2v) is 5.12. The zero-order chi connectivity index (χ0) is 15.4. The van der Waals surface area contributed by atoms with Crippen LogP contribution in [0.5, 0.6) is 0 Å². The van der Waals surface area contributed by atoms with Crippen LogP contribution in [-0.4, -0.2) is 42.4 Å². The third-order valence-corrected chi connectivity index (χ3v) is 3.42. The molecule has 0 bridgehead atoms. The van der Waals surface area contributed by atoms with E-state index in [2.05, 4.69) is 9.88 Å². The maximum Gasteiger partial charge on any atom is 0.339 e. The van der Waals surface area contributed by atoms with Crippen LogP contribution in [0.4, 0.5) is 5.69 Å². The number of hydrogen-bond acceptors (Lipinski definition) is 4. The van der Waals surface area contributed by atoms with Gasteiger partial charge < -0.3 is 14.7 Å². The van der Waals surface area contributed by atoms with E-state index in [0.717, 1.165) is 10.9 Å². The standard InChI is InChI=1S/C16H20N2O3/c1-11(2)18(8-9-21-3)15-12-6-4-5-7-14(12)17-10-13(15)16(19)20/h4-7,10-11H,8-9H2,1-3H3,(H,19,20). The van der Waals surface area contributed by atoms with Crippen LogP contribution in [0.1, 0.15) is 24.2 Å². The molecule has 0 fully saturated rings. The lowest BCUT2D eigenvalue weighted by molar-refractivity contribution is 0.0697. The molecule has 5 heteroatoms. The van der Waals surface area contributed by atoms with Crippen LogP contribution < -0.4 is 4.90 Å². The van der Waals surface area contributed by atoms with E-state index in [9.17, 15) is 9.90 Å². The van der Waals surface area contributed by atoms with Crippen molar-refractivity contribution in [3.63, 3.8) is 0 Å². The van der Waals surface area contributed by atoms with Crippen molar-refractivity contribution in [2.45, 2.75) is 19.9 Å². The Morgan fingerprint density at radius 2 is 2.10 bits per heavy atom. The third-order valence-electron chi connectivity index (χ3n) is 3.42. The number of ether oxygens (including phenoxy) is 1. The molecule has 0 radical (unpaired) electrons. The average Bonchev–Trinajstić information content (AvgIpc) is 2.47. The van der Waals surface area contributed by atoms with Crippen LogP contribution in [0, 0.1) is 0 Å². The predicted octanol–water partition coefficient (Wildman–Crippen LogP) is 2.79. The molecule has 0 atom stereocenters. The van der Waals surface area contributed by atoms with E-state index in [1.807, 2.05) is 38.1 Å². The summed E-state index contributed by atoms with van der Waals surface area (Å²) in [4.78, 5) is 17.9. The fraction of sp³-hybridized carbons (Fsp3) is 0.375. The summed E-state index contributed by atoms with van der Waals surface area (Å²) in [6.07, 6.45) is 1.43. The summed E-state index contributed by atoms with van der Waals surface area (Å²) in [5.74, 6) is -0.966. The summed E-state index contributed by atoms with van der Waals surface area (Å²) in [5.41, 5.74) is 1.72. The minimum absolute atomic E-state index is 0.157. The average molecular weight is 288 g/mol. The second kappa shape index (κ2) is 6.54. The molecular weight excluding hydrogens is 268 g/mol. The molecule has 0 spiro atoms. The summed E-state index contributed by atoms with van der Waals surface area (Å²) < 4.78 is 5.15. The Bertz CT molecular complexity index is 640. The van der Waals surface area contributed by atoms with Gasteiger partial charge in [0, 0.05) is 31.3 Å². The third kappa shape index (κ3) is 3.13. The number of rotatable bonds is 6. The molecule has 0 amide bonds. The molecule has 0 aliphatic rings. The first kappa shape index (κ1) is 15.3. The summed E-state index contributed by atoms with van der Waals surface area (Å²) >= 11 is 0. The Balaban J connectivity index is 2.66. The van der Waals surface area contributed by atoms with E-state index in [1.54, 1.807) is 7.11 Å². The Morgan fingerprint density at radius 3 is 2.71 bits per heavy atom. The quantitative estimate of drug-likeness (QED) is 0.885. The molecule has 0 aliphatic heterocycles. The zero-order valence-electron chi connectivity index (χ0n) is 12.5. The van der Waals surface area contributed by atoms with Crippen molar-refractivity contribution in [3.05, 3.63) is 36.0 Å². The van der Waals surface area contributed by atoms with E-state index in [4.69, 9.17) is 4.74 Å². The van der Waals surface area contributed by atoms with Crippen LogP contribution in [0.15, 0.2) is 30.5 Å². The molecule has 0 saturated heterocycles. The number of aromatic nitrogens is 1. The van der Waals surface area contributed by atoms with Gasteiger partial charge >= 0.3 is 5.97 Å². The number of carboxylic acid groups (broad SMARTS) is 1. The zero-order valence-corrected chi connectivity index (χ0v) is 12.5. The van der Waals surface area contributed by atoms with E-state index in [-0.39, 0.29) is 11.6 Å². The smallest absolute Gasteiger partial charge is 0.339 e. The van der Waals surface area contributed by atoms with Crippen LogP contribution in [-0.2, 0) is 4.74 Å². The molecule has 2 aromatic rings. The maximum absolute atomic E-state index is 11.6. The van der Waals surface area contributed by atoms with Gasteiger partial charge in [0.1, 0.15) is 5.56 Å². The number of fused-ring (bicyclic) bond motifs is 1. The molecule has 1 aromatic heterocycles. The van der Waals surface area contributed by atoms with Gasteiger partial charge in [-0.05, 0) is 19.9 Å². The monoisotopic (exact) mass is 288 g/mol. The lowest BCUT2D eigenvalue weighted by Crippen LogP contribution is -2.35. The summed E-state index contributed by atoms with van der Waals surface area (Å²) in [5, 5.41) is 10.3. The molecule has 1 N–H and O–H groups in total. The number of carboxylic acids is 1. The lowest BCUT2D eigenvalue weighted by atomic mass is 10.1. The van der Waals surface area contributed by atoms with Gasteiger partial charge in [0.15, 0.2) is 0 Å². The van der Waals surface area contributed by atoms with Crippen LogP contribution >= 0.6 is 0 Å². The van der Waals surface area contributed by atoms with E-state index in [1.165, 1.54) is 6.20 Å². The van der Waals surface area contributed by atoms with Crippen molar-refractivity contribution in [1.29, 1.82) is 0 Å². The van der Waals surface area contributed by atoms with Crippen molar-refractivity contribution < 1.29 is 14.6 Å². The van der Waals surface area contributed by atoms with Crippen molar-refractivity contribution in [1.82, 2.24) is 4.98 Å². The molecule has 112 valence electrons. The Labute approximate surface area is 124 Å². The number of aromatic carboxylic acids is 1. The molecule has 0 saturated carbocycles. The van der Waals surface area contributed by atoms with E-state index in [0.29, 0.717) is 18.8 Å². The van der Waals surface area contributed by atoms with Gasteiger partial charge in [-0.1, -0.05) is 18.2 Å². The molecule has 2 rings (SSSR count). The van der Waals surface area contributed by atoms with Crippen molar-refractivity contribution in [3.8, 4) is 0 Å². The lowest BCUT2D eigenvalue weighted by Gasteiger charge is -2.31. The molecular formula is C16H20N2O3. The highest BCUT2D eigenvalue weighted by Crippen LogP contribution is 2.30. The van der Waals surface area contributed by atoms with Crippen LogP contribution in [0.25, 0.3) is 10.9 Å². The van der Waals surface area contributed by atoms with Gasteiger partial charge in [0.25, 0.3) is 0 Å². The Hall–Kier alpha value is -2.14. The number of methoxy groups -OCH3 is 1. The first-order chi connectivity index (χ1) is 10.1. The highest BCUT2D eigenvalue weighted by atomic mass is 16.5. The summed E-state index contributed by atoms with van der Waals surface area (Å²) in [6, 6.07) is 7.75. The minimum atomic E-state index is -0.966. The number of hydrogen-bond donors (Lipinski definition) is 1. The van der Waals surface area contributed by atoms with Crippen LogP contribution in [0.3, 0.4) is 0 Å². The first-order valence-corrected chi connectivity index (χ1v) is 6.93. The van der Waals surface area contributed by atoms with Crippen molar-refractivity contribution in [2.75, 3.05) is 25.2 Å². The Kier molecular flexibility index (Phi) is 4.75. The van der Waals surface area contributed by atoms with Gasteiger partial charge in [-0.15, -0.1) is 0 Å². The van der Waals surface area contributed by atoms with Gasteiger partial charge in [-0.3, -0.25) is 4.98 Å². The number of nitrogens with zero attached hydrogens (tertiary/aromatic N) is 2. The maximum atomic E-state index is 11.6. The van der Waals surface area contributed by atoms with Gasteiger partial charge in [0.05, 0.1) is 17.8 Å². The summed E-state index contributed by atoms with van der Waals surface area (Å²) in [7, 11) is 1.64. The van der Waals surface area contributed by atoms with Crippen molar-refractivity contribution >= 4 is 22.6 Å². The summed E-state index contributed by atoms with van der Waals surface area (Å²) in [6.45, 7) is 5.24. The van der Waals surface area contributed by atoms with Gasteiger partial charge in [-0.2, -0.15) is 0 Å². The highest BCUT2D eigenvalue weighted by Gasteiger charge is 2.21. The van der Waals surface area contributed by atoms with Gasteiger partial charge in [0.2, 0.25) is 0 Å². The van der Waals surface area contributed by atoms with E-state index < -0.39 is 5.97 Å². The topological polar surface area (TPSA) is 62.7 Å². The molecule has 0 unspecified atom stereocenters. The van der Waals surface area contributed by atoms with Crippen molar-refractivity contribution in [2.24, 2.45) is 0 Å². The highest BCUT2D eigenvalue weighted by molar-refractivity contribution is 6.04. The van der Waals surface area contributed by atoms with E-state index >= 15 is 0 Å². The predicted molar refractivity (Wildman–Crippen MR) is 83.1 cm³/mol. The fourth-order valence-corrected chi connectivity index (χ4v) is 2.41. The molecule has 1 heterocycles.